The molecule has 0 bridgehead atoms. The first-order chi connectivity index (χ1) is 24.5. The molecule has 9 aromatic rings. The van der Waals surface area contributed by atoms with Gasteiger partial charge >= 0.3 is 7.48 Å². The molecule has 0 aliphatic carbocycles. The molecule has 3 heterocycles. The van der Waals surface area contributed by atoms with E-state index in [4.69, 9.17) is 4.42 Å². The highest BCUT2D eigenvalue weighted by molar-refractivity contribution is 6.50. The highest BCUT2D eigenvalue weighted by Gasteiger charge is 2.38. The van der Waals surface area contributed by atoms with Gasteiger partial charge < -0.3 is 18.9 Å². The summed E-state index contributed by atoms with van der Waals surface area (Å²) in [6, 6.07) is 54.0. The van der Waals surface area contributed by atoms with E-state index >= 15 is 0 Å². The normalized spacial score (nSPS) is 13.6. The third kappa shape index (κ3) is 4.04. The highest BCUT2D eigenvalue weighted by atomic mass is 16.3. The van der Waals surface area contributed by atoms with Gasteiger partial charge in [0.1, 0.15) is 5.58 Å². The number of fused-ring (bicyclic) bond motifs is 8. The maximum absolute atomic E-state index is 9.98. The minimum absolute atomic E-state index is 0.257. The lowest BCUT2D eigenvalue weighted by Crippen LogP contribution is -2.30. The Balaban J connectivity index is 1.18. The molecule has 5 heteroatoms. The minimum atomic E-state index is -0.257. The van der Waals surface area contributed by atoms with E-state index in [1.807, 2.05) is 12.1 Å². The van der Waals surface area contributed by atoms with Crippen molar-refractivity contribution >= 4 is 73.8 Å². The summed E-state index contributed by atoms with van der Waals surface area (Å²) in [7, 11) is 1.12. The summed E-state index contributed by atoms with van der Waals surface area (Å²) >= 11 is 0. The van der Waals surface area contributed by atoms with Crippen LogP contribution in [0, 0.1) is 0 Å². The fourth-order valence-corrected chi connectivity index (χ4v) is 8.26. The summed E-state index contributed by atoms with van der Waals surface area (Å²) < 4.78 is 8.97. The second-order valence-corrected chi connectivity index (χ2v) is 13.7. The van der Waals surface area contributed by atoms with Crippen molar-refractivity contribution in [1.29, 1.82) is 0 Å². The molecule has 1 radical (unpaired) electrons. The van der Waals surface area contributed by atoms with Crippen molar-refractivity contribution in [2.24, 2.45) is 0 Å². The van der Waals surface area contributed by atoms with Crippen molar-refractivity contribution in [2.45, 2.75) is 19.3 Å². The van der Waals surface area contributed by atoms with E-state index < -0.39 is 0 Å². The molecule has 0 amide bonds. The van der Waals surface area contributed by atoms with E-state index in [2.05, 4.69) is 163 Å². The van der Waals surface area contributed by atoms with Crippen LogP contribution in [0.4, 0.5) is 17.1 Å². The van der Waals surface area contributed by atoms with Crippen LogP contribution in [0.1, 0.15) is 25.0 Å². The Labute approximate surface area is 290 Å². The Hall–Kier alpha value is -6.04. The van der Waals surface area contributed by atoms with E-state index in [0.717, 1.165) is 46.6 Å². The largest absolute Gasteiger partial charge is 0.454 e. The molecule has 0 atom stereocenters. The van der Waals surface area contributed by atoms with Gasteiger partial charge in [-0.15, -0.1) is 0 Å². The number of nitrogens with zero attached hydrogens (tertiary/aromatic N) is 2. The molecule has 1 aliphatic rings. The number of rotatable bonds is 4. The lowest BCUT2D eigenvalue weighted by Gasteiger charge is -2.42. The molecule has 0 unspecified atom stereocenters. The smallest absolute Gasteiger partial charge is 0.330 e. The molecule has 50 heavy (non-hydrogen) atoms. The lowest BCUT2D eigenvalue weighted by atomic mass is 9.73. The average molecular weight is 644 g/mol. The van der Waals surface area contributed by atoms with Gasteiger partial charge in [-0.3, -0.25) is 0 Å². The molecule has 0 spiro atoms. The van der Waals surface area contributed by atoms with Gasteiger partial charge in [0, 0.05) is 32.6 Å². The van der Waals surface area contributed by atoms with Gasteiger partial charge in [0.15, 0.2) is 5.58 Å². The number of hydrogen-bond acceptors (Lipinski definition) is 3. The fourth-order valence-electron chi connectivity index (χ4n) is 8.26. The van der Waals surface area contributed by atoms with Crippen LogP contribution in [-0.4, -0.2) is 17.1 Å². The van der Waals surface area contributed by atoms with Crippen LogP contribution in [-0.2, 0) is 5.41 Å². The molecular formula is C45H32BN2O2. The molecule has 1 aliphatic heterocycles. The summed E-state index contributed by atoms with van der Waals surface area (Å²) in [6.07, 6.45) is 0. The first-order valence-corrected chi connectivity index (χ1v) is 17.1. The van der Waals surface area contributed by atoms with Crippen LogP contribution in [0.25, 0.3) is 60.6 Å². The third-order valence-electron chi connectivity index (χ3n) is 10.7. The van der Waals surface area contributed by atoms with Gasteiger partial charge in [-0.2, -0.15) is 0 Å². The Morgan fingerprint density at radius 1 is 0.520 bits per heavy atom. The van der Waals surface area contributed by atoms with Crippen molar-refractivity contribution < 1.29 is 9.44 Å². The summed E-state index contributed by atoms with van der Waals surface area (Å²) in [5, 5.41) is 14.5. The van der Waals surface area contributed by atoms with Crippen LogP contribution < -0.4 is 10.4 Å². The third-order valence-corrected chi connectivity index (χ3v) is 10.7. The van der Waals surface area contributed by atoms with Gasteiger partial charge in [-0.05, 0) is 82.3 Å². The van der Waals surface area contributed by atoms with E-state index in [0.29, 0.717) is 11.0 Å². The first-order valence-electron chi connectivity index (χ1n) is 17.1. The van der Waals surface area contributed by atoms with Gasteiger partial charge in [-0.25, -0.2) is 0 Å². The van der Waals surface area contributed by atoms with Gasteiger partial charge in [0.25, 0.3) is 0 Å². The van der Waals surface area contributed by atoms with Crippen molar-refractivity contribution in [2.75, 3.05) is 4.90 Å². The Morgan fingerprint density at radius 2 is 1.16 bits per heavy atom. The number of anilines is 3. The summed E-state index contributed by atoms with van der Waals surface area (Å²) in [5.74, 6) is 0. The Morgan fingerprint density at radius 3 is 2.02 bits per heavy atom. The summed E-state index contributed by atoms with van der Waals surface area (Å²) in [4.78, 5) is 2.35. The second-order valence-electron chi connectivity index (χ2n) is 13.7. The molecule has 2 aromatic heterocycles. The molecule has 4 nitrogen and oxygen atoms in total. The molecule has 1 N–H and O–H groups in total. The zero-order chi connectivity index (χ0) is 33.6. The predicted molar refractivity (Wildman–Crippen MR) is 208 cm³/mol. The van der Waals surface area contributed by atoms with Crippen LogP contribution in [0.15, 0.2) is 156 Å². The summed E-state index contributed by atoms with van der Waals surface area (Å²) in [6.45, 7) is 4.65. The maximum Gasteiger partial charge on any atom is 0.330 e. The van der Waals surface area contributed by atoms with E-state index in [1.54, 1.807) is 0 Å². The predicted octanol–water partition coefficient (Wildman–Crippen LogP) is 10.7. The van der Waals surface area contributed by atoms with Crippen molar-refractivity contribution in [3.63, 3.8) is 0 Å². The Bertz CT molecular complexity index is 2790. The fraction of sp³-hybridized carbons (Fsp3) is 0.0667. The average Bonchev–Trinajstić information content (AvgIpc) is 3.71. The zero-order valence-electron chi connectivity index (χ0n) is 27.8. The number of aromatic nitrogens is 1. The molecule has 0 saturated carbocycles. The maximum atomic E-state index is 9.98. The molecular weight excluding hydrogens is 611 g/mol. The Kier molecular flexibility index (Phi) is 6.21. The standard InChI is InChI=1S/C45H32BN2O2/c1-45(2)35-17-7-9-20-40(35)48(42-21-11-16-33-32-15-10-18-37(46-49)43(32)50-44(33)42)41-25-23-29(27-36(41)45)28-22-24-39-34(26-28)31-14-6-8-19-38(31)47(39)30-12-4-3-5-13-30/h3-27,49H,1-2H3. The SMILES string of the molecule is CC1(C)c2ccccc2N(c2cccc3c2oc2c([B]O)cccc23)c2ccc(-c3ccc4c(c3)c3ccccc3n4-c3ccccc3)cc21. The molecule has 0 saturated heterocycles. The van der Waals surface area contributed by atoms with Gasteiger partial charge in [0.2, 0.25) is 0 Å². The van der Waals surface area contributed by atoms with E-state index in [9.17, 15) is 5.02 Å². The number of hydrogen-bond donors (Lipinski definition) is 1. The first kappa shape index (κ1) is 28.9. The highest BCUT2D eigenvalue weighted by Crippen LogP contribution is 2.54. The van der Waals surface area contributed by atoms with Crippen LogP contribution in [0.5, 0.6) is 0 Å². The number of furan rings is 1. The van der Waals surface area contributed by atoms with Gasteiger partial charge in [0.05, 0.1) is 28.1 Å². The van der Waals surface area contributed by atoms with Crippen LogP contribution in [0.2, 0.25) is 0 Å². The lowest BCUT2D eigenvalue weighted by molar-refractivity contribution is 0.613. The molecule has 0 fully saturated rings. The van der Waals surface area contributed by atoms with E-state index in [-0.39, 0.29) is 5.41 Å². The topological polar surface area (TPSA) is 41.5 Å². The zero-order valence-corrected chi connectivity index (χ0v) is 27.8. The van der Waals surface area contributed by atoms with Crippen LogP contribution in [0.3, 0.4) is 0 Å². The number of para-hydroxylation sites is 5. The van der Waals surface area contributed by atoms with E-state index in [1.165, 1.54) is 44.1 Å². The summed E-state index contributed by atoms with van der Waals surface area (Å²) in [5.41, 5.74) is 13.5. The minimum Gasteiger partial charge on any atom is -0.454 e. The molecule has 10 rings (SSSR count). The number of benzene rings is 7. The van der Waals surface area contributed by atoms with Gasteiger partial charge in [-0.1, -0.05) is 111 Å². The monoisotopic (exact) mass is 643 g/mol. The quantitative estimate of drug-likeness (QED) is 0.194. The molecule has 7 aromatic carbocycles. The molecule has 237 valence electrons. The van der Waals surface area contributed by atoms with Crippen molar-refractivity contribution in [3.8, 4) is 16.8 Å². The van der Waals surface area contributed by atoms with Crippen molar-refractivity contribution in [1.82, 2.24) is 4.57 Å². The van der Waals surface area contributed by atoms with Crippen LogP contribution >= 0.6 is 0 Å². The van der Waals surface area contributed by atoms with Crippen molar-refractivity contribution in [3.05, 3.63) is 163 Å². The second kappa shape index (κ2) is 10.7.